The molecule has 0 aromatic rings. The molecule has 1 saturated heterocycles. The van der Waals surface area contributed by atoms with Gasteiger partial charge in [0.1, 0.15) is 0 Å². The zero-order chi connectivity index (χ0) is 11.9. The maximum Gasteiger partial charge on any atom is -0.00178 e. The highest BCUT2D eigenvalue weighted by Gasteiger charge is 2.46. The summed E-state index contributed by atoms with van der Waals surface area (Å²) in [5.74, 6) is 6.21. The van der Waals surface area contributed by atoms with Crippen molar-refractivity contribution in [2.75, 3.05) is 13.1 Å². The Kier molecular flexibility index (Phi) is 2.99. The predicted octanol–water partition coefficient (Wildman–Crippen LogP) is 3.61. The topological polar surface area (TPSA) is 12.0 Å². The second-order valence-electron chi connectivity index (χ2n) is 7.25. The third kappa shape index (κ3) is 1.78. The minimum absolute atomic E-state index is 0.973. The first-order valence-corrected chi connectivity index (χ1v) is 8.31. The molecule has 1 heterocycles. The molecule has 0 bridgehead atoms. The zero-order valence-electron chi connectivity index (χ0n) is 11.5. The lowest BCUT2D eigenvalue weighted by Crippen LogP contribution is -2.43. The van der Waals surface area contributed by atoms with Crippen molar-refractivity contribution in [3.8, 4) is 0 Å². The van der Waals surface area contributed by atoms with Gasteiger partial charge in [-0.25, -0.2) is 0 Å². The number of fused-ring (bicyclic) bond motifs is 5. The van der Waals surface area contributed by atoms with Crippen LogP contribution in [0.5, 0.6) is 0 Å². The molecule has 4 rings (SSSR count). The Morgan fingerprint density at radius 1 is 0.833 bits per heavy atom. The monoisotopic (exact) mass is 245 g/mol. The van der Waals surface area contributed by atoms with Gasteiger partial charge in [0, 0.05) is 0 Å². The predicted molar refractivity (Wildman–Crippen MR) is 75.3 cm³/mol. The van der Waals surface area contributed by atoms with Gasteiger partial charge in [0.05, 0.1) is 0 Å². The van der Waals surface area contributed by atoms with E-state index < -0.39 is 0 Å². The summed E-state index contributed by atoms with van der Waals surface area (Å²) in [4.78, 5) is 0. The normalized spacial score (nSPS) is 51.1. The standard InChI is InChI=1S/C17H27N/c1-3-12-6-8-17-15-5-2-10-18-11-13(15)7-9-16(17)14(12)4-1/h1,4,12-18H,2-3,5-11H2. The molecule has 6 unspecified atom stereocenters. The quantitative estimate of drug-likeness (QED) is 0.643. The highest BCUT2D eigenvalue weighted by molar-refractivity contribution is 5.09. The summed E-state index contributed by atoms with van der Waals surface area (Å²) in [7, 11) is 0. The Hall–Kier alpha value is -0.300. The second kappa shape index (κ2) is 4.67. The van der Waals surface area contributed by atoms with Crippen LogP contribution in [-0.2, 0) is 0 Å². The molecule has 0 amide bonds. The van der Waals surface area contributed by atoms with E-state index in [2.05, 4.69) is 17.5 Å². The molecule has 0 aromatic carbocycles. The minimum Gasteiger partial charge on any atom is -0.316 e. The summed E-state index contributed by atoms with van der Waals surface area (Å²) < 4.78 is 0. The van der Waals surface area contributed by atoms with Crippen LogP contribution in [0.4, 0.5) is 0 Å². The van der Waals surface area contributed by atoms with Gasteiger partial charge in [-0.1, -0.05) is 12.2 Å². The van der Waals surface area contributed by atoms with Gasteiger partial charge >= 0.3 is 0 Å². The molecule has 0 aromatic heterocycles. The highest BCUT2D eigenvalue weighted by Crippen LogP contribution is 2.54. The van der Waals surface area contributed by atoms with Crippen LogP contribution in [0.25, 0.3) is 0 Å². The third-order valence-corrected chi connectivity index (χ3v) is 6.58. The van der Waals surface area contributed by atoms with Gasteiger partial charge in [-0.2, -0.15) is 0 Å². The summed E-state index contributed by atoms with van der Waals surface area (Å²) in [6.45, 7) is 2.59. The van der Waals surface area contributed by atoms with Gasteiger partial charge in [-0.15, -0.1) is 0 Å². The maximum absolute atomic E-state index is 3.67. The van der Waals surface area contributed by atoms with E-state index in [1.165, 1.54) is 51.6 Å². The summed E-state index contributed by atoms with van der Waals surface area (Å²) in [6, 6.07) is 0. The molecule has 4 aliphatic rings. The molecule has 3 aliphatic carbocycles. The van der Waals surface area contributed by atoms with E-state index in [1.807, 2.05) is 0 Å². The van der Waals surface area contributed by atoms with E-state index in [9.17, 15) is 0 Å². The highest BCUT2D eigenvalue weighted by atomic mass is 14.9. The fourth-order valence-electron chi connectivity index (χ4n) is 5.80. The first-order valence-electron chi connectivity index (χ1n) is 8.31. The van der Waals surface area contributed by atoms with Crippen LogP contribution >= 0.6 is 0 Å². The molecule has 1 aliphatic heterocycles. The number of allylic oxidation sites excluding steroid dienone is 2. The SMILES string of the molecule is C1=CC2C(C1)CCC1C3CCCNCC3CCC21. The Morgan fingerprint density at radius 2 is 1.72 bits per heavy atom. The van der Waals surface area contributed by atoms with Crippen LogP contribution in [0.1, 0.15) is 44.9 Å². The second-order valence-corrected chi connectivity index (χ2v) is 7.25. The molecule has 2 saturated carbocycles. The lowest BCUT2D eigenvalue weighted by molar-refractivity contribution is 0.0107. The van der Waals surface area contributed by atoms with Gasteiger partial charge in [-0.3, -0.25) is 0 Å². The summed E-state index contributed by atoms with van der Waals surface area (Å²) in [5, 5.41) is 3.67. The van der Waals surface area contributed by atoms with Crippen molar-refractivity contribution in [1.29, 1.82) is 0 Å². The van der Waals surface area contributed by atoms with Crippen LogP contribution in [-0.4, -0.2) is 13.1 Å². The molecular formula is C17H27N. The third-order valence-electron chi connectivity index (χ3n) is 6.58. The summed E-state index contributed by atoms with van der Waals surface area (Å²) in [6.07, 6.45) is 15.5. The molecular weight excluding hydrogens is 218 g/mol. The van der Waals surface area contributed by atoms with Crippen LogP contribution in [0.15, 0.2) is 12.2 Å². The first kappa shape index (κ1) is 11.5. The molecule has 0 spiro atoms. The lowest BCUT2D eigenvalue weighted by atomic mass is 9.56. The van der Waals surface area contributed by atoms with E-state index in [4.69, 9.17) is 0 Å². The average molecular weight is 245 g/mol. The Balaban J connectivity index is 1.57. The largest absolute Gasteiger partial charge is 0.316 e. The number of hydrogen-bond acceptors (Lipinski definition) is 1. The maximum atomic E-state index is 3.67. The van der Waals surface area contributed by atoms with Crippen molar-refractivity contribution in [2.45, 2.75) is 44.9 Å². The van der Waals surface area contributed by atoms with Crippen LogP contribution in [0.3, 0.4) is 0 Å². The van der Waals surface area contributed by atoms with Crippen LogP contribution in [0.2, 0.25) is 0 Å². The molecule has 6 atom stereocenters. The Labute approximate surface area is 111 Å². The van der Waals surface area contributed by atoms with E-state index in [0.717, 1.165) is 35.5 Å². The van der Waals surface area contributed by atoms with Gasteiger partial charge in [-0.05, 0) is 93.5 Å². The fourth-order valence-corrected chi connectivity index (χ4v) is 5.80. The Bertz CT molecular complexity index is 335. The minimum atomic E-state index is 0.973. The van der Waals surface area contributed by atoms with Crippen molar-refractivity contribution in [2.24, 2.45) is 35.5 Å². The van der Waals surface area contributed by atoms with Crippen LogP contribution < -0.4 is 5.32 Å². The molecule has 100 valence electrons. The van der Waals surface area contributed by atoms with E-state index in [0.29, 0.717) is 0 Å². The molecule has 1 heteroatoms. The zero-order valence-corrected chi connectivity index (χ0v) is 11.5. The Morgan fingerprint density at radius 3 is 2.72 bits per heavy atom. The molecule has 1 nitrogen and oxygen atoms in total. The summed E-state index contributed by atoms with van der Waals surface area (Å²) >= 11 is 0. The van der Waals surface area contributed by atoms with Gasteiger partial charge in [0.15, 0.2) is 0 Å². The molecule has 18 heavy (non-hydrogen) atoms. The van der Waals surface area contributed by atoms with E-state index >= 15 is 0 Å². The molecule has 1 N–H and O–H groups in total. The van der Waals surface area contributed by atoms with Crippen molar-refractivity contribution in [3.63, 3.8) is 0 Å². The lowest BCUT2D eigenvalue weighted by Gasteiger charge is -2.49. The first-order chi connectivity index (χ1) is 8.93. The van der Waals surface area contributed by atoms with Crippen molar-refractivity contribution < 1.29 is 0 Å². The average Bonchev–Trinajstić information content (AvgIpc) is 2.75. The fraction of sp³-hybridized carbons (Fsp3) is 0.882. The van der Waals surface area contributed by atoms with Gasteiger partial charge < -0.3 is 5.32 Å². The summed E-state index contributed by atoms with van der Waals surface area (Å²) in [5.41, 5.74) is 0. The van der Waals surface area contributed by atoms with Crippen molar-refractivity contribution in [1.82, 2.24) is 5.32 Å². The number of rotatable bonds is 0. The number of hydrogen-bond donors (Lipinski definition) is 1. The molecule has 3 fully saturated rings. The van der Waals surface area contributed by atoms with Gasteiger partial charge in [0.2, 0.25) is 0 Å². The van der Waals surface area contributed by atoms with Gasteiger partial charge in [0.25, 0.3) is 0 Å². The number of nitrogens with one attached hydrogen (secondary N) is 1. The van der Waals surface area contributed by atoms with Crippen LogP contribution in [0, 0.1) is 35.5 Å². The van der Waals surface area contributed by atoms with Crippen molar-refractivity contribution >= 4 is 0 Å². The van der Waals surface area contributed by atoms with Crippen molar-refractivity contribution in [3.05, 3.63) is 12.2 Å². The smallest absolute Gasteiger partial charge is 0.00178 e. The van der Waals surface area contributed by atoms with E-state index in [-0.39, 0.29) is 0 Å². The molecule has 0 radical (unpaired) electrons. The van der Waals surface area contributed by atoms with E-state index in [1.54, 1.807) is 6.42 Å².